The topological polar surface area (TPSA) is 37.4 Å². The Hall–Kier alpha value is -5.38. The first-order chi connectivity index (χ1) is 23.5. The summed E-state index contributed by atoms with van der Waals surface area (Å²) in [5.41, 5.74) is 5.35. The Kier molecular flexibility index (Phi) is 6.26. The monoisotopic (exact) mass is 662 g/mol. The van der Waals surface area contributed by atoms with Crippen LogP contribution in [0.15, 0.2) is 108 Å². The van der Waals surface area contributed by atoms with Crippen LogP contribution in [0.25, 0.3) is 39.1 Å². The van der Waals surface area contributed by atoms with Crippen molar-refractivity contribution in [1.82, 2.24) is 4.48 Å². The Balaban J connectivity index is 1.23. The summed E-state index contributed by atoms with van der Waals surface area (Å²) in [6, 6.07) is 26.5. The first-order valence-electron chi connectivity index (χ1n) is 16.2. The molecule has 9 rings (SSSR count). The molecule has 2 aliphatic heterocycles. The van der Waals surface area contributed by atoms with Gasteiger partial charge in [0.15, 0.2) is 11.4 Å². The molecule has 0 atom stereocenters. The van der Waals surface area contributed by atoms with E-state index in [9.17, 15) is 5.11 Å². The van der Waals surface area contributed by atoms with Gasteiger partial charge in [-0.05, 0) is 107 Å². The number of rotatable bonds is 3. The van der Waals surface area contributed by atoms with Crippen LogP contribution in [0.5, 0.6) is 11.5 Å². The molecule has 4 aliphatic rings. The molecule has 0 fully saturated rings. The fourth-order valence-corrected chi connectivity index (χ4v) is 8.11. The van der Waals surface area contributed by atoms with Gasteiger partial charge in [-0.3, -0.25) is 0 Å². The number of methoxy groups -OCH3 is 1. The van der Waals surface area contributed by atoms with Crippen LogP contribution >= 0.6 is 0 Å². The zero-order chi connectivity index (χ0) is 33.8. The number of allylic oxidation sites excluding steroid dienone is 3. The van der Waals surface area contributed by atoms with Gasteiger partial charge < -0.3 is 27.4 Å². The van der Waals surface area contributed by atoms with Crippen molar-refractivity contribution >= 4 is 18.3 Å². The predicted molar refractivity (Wildman–Crippen MR) is 180 cm³/mol. The molecule has 0 bridgehead atoms. The molecule has 2 aliphatic carbocycles. The van der Waals surface area contributed by atoms with Gasteiger partial charge >= 0.3 is 13.1 Å². The third-order valence-corrected chi connectivity index (χ3v) is 10.3. The third-order valence-electron chi connectivity index (χ3n) is 10.3. The van der Waals surface area contributed by atoms with E-state index in [-0.39, 0.29) is 17.2 Å². The Bertz CT molecular complexity index is 2330. The van der Waals surface area contributed by atoms with Crippen molar-refractivity contribution in [3.8, 4) is 45.0 Å². The van der Waals surface area contributed by atoms with E-state index in [1.807, 2.05) is 42.5 Å². The highest BCUT2D eigenvalue weighted by atomic mass is 19.4. The number of halogens is 5. The van der Waals surface area contributed by atoms with Crippen molar-refractivity contribution in [2.45, 2.75) is 31.9 Å². The normalized spacial score (nSPS) is 17.1. The number of aryl methyl sites for hydroxylation is 3. The Labute approximate surface area is 278 Å². The van der Waals surface area contributed by atoms with E-state index >= 15 is 21.8 Å². The minimum Gasteiger partial charge on any atom is -0.508 e. The van der Waals surface area contributed by atoms with Gasteiger partial charge in [0.25, 0.3) is 0 Å². The molecule has 0 unspecified atom stereocenters. The van der Waals surface area contributed by atoms with Crippen molar-refractivity contribution in [3.63, 3.8) is 0 Å². The first kappa shape index (κ1) is 29.7. The van der Waals surface area contributed by atoms with Crippen LogP contribution < -0.4 is 4.74 Å². The van der Waals surface area contributed by atoms with Crippen LogP contribution in [-0.2, 0) is 19.3 Å². The van der Waals surface area contributed by atoms with E-state index in [2.05, 4.69) is 0 Å². The Morgan fingerprint density at radius 1 is 0.714 bits per heavy atom. The maximum absolute atomic E-state index is 17.4. The molecule has 4 aromatic carbocycles. The highest BCUT2D eigenvalue weighted by Gasteiger charge is 2.60. The maximum Gasteiger partial charge on any atom is 0.737 e. The molecule has 244 valence electrons. The molecule has 0 radical (unpaired) electrons. The second-order valence-corrected chi connectivity index (χ2v) is 13.0. The number of nitrogens with zero attached hydrogens (tertiary/aromatic N) is 2. The molecule has 4 nitrogen and oxygen atoms in total. The number of benzene rings is 4. The van der Waals surface area contributed by atoms with Crippen LogP contribution in [0.1, 0.15) is 34.4 Å². The predicted octanol–water partition coefficient (Wildman–Crippen LogP) is 9.20. The lowest BCUT2D eigenvalue weighted by molar-refractivity contribution is -0.362. The van der Waals surface area contributed by atoms with Crippen LogP contribution in [-0.4, -0.2) is 40.0 Å². The van der Waals surface area contributed by atoms with Gasteiger partial charge in [0, 0.05) is 28.6 Å². The van der Waals surface area contributed by atoms with Crippen molar-refractivity contribution < 1.29 is 36.1 Å². The van der Waals surface area contributed by atoms with Crippen molar-refractivity contribution in [2.24, 2.45) is 0 Å². The average Bonchev–Trinajstić information content (AvgIpc) is 3.68. The second-order valence-electron chi connectivity index (χ2n) is 13.0. The van der Waals surface area contributed by atoms with Gasteiger partial charge in [-0.15, -0.1) is 0 Å². The summed E-state index contributed by atoms with van der Waals surface area (Å²) in [4.78, 5) is 0. The largest absolute Gasteiger partial charge is 0.737 e. The summed E-state index contributed by atoms with van der Waals surface area (Å²) in [5, 5.41) is 9.72. The third kappa shape index (κ3) is 4.39. The van der Waals surface area contributed by atoms with E-state index in [4.69, 9.17) is 4.74 Å². The van der Waals surface area contributed by atoms with Gasteiger partial charge in [0.05, 0.1) is 7.11 Å². The molecule has 1 aromatic heterocycles. The molecule has 0 amide bonds. The number of fused-ring (bicyclic) bond motifs is 9. The fraction of sp³-hybridized carbons (Fsp3) is 0.154. The van der Waals surface area contributed by atoms with E-state index < -0.39 is 30.1 Å². The van der Waals surface area contributed by atoms with Gasteiger partial charge in [-0.25, -0.2) is 0 Å². The molecule has 0 spiro atoms. The lowest BCUT2D eigenvalue weighted by Crippen LogP contribution is -2.52. The summed E-state index contributed by atoms with van der Waals surface area (Å²) in [5.74, 6) is 0.832. The minimum absolute atomic E-state index is 0.124. The number of aromatic hydroxyl groups is 1. The number of alkyl halides is 3. The lowest BCUT2D eigenvalue weighted by Gasteiger charge is -2.35. The van der Waals surface area contributed by atoms with E-state index in [0.29, 0.717) is 62.7 Å². The molecule has 49 heavy (non-hydrogen) atoms. The Morgan fingerprint density at radius 3 is 1.94 bits per heavy atom. The van der Waals surface area contributed by atoms with Gasteiger partial charge in [0.1, 0.15) is 17.1 Å². The van der Waals surface area contributed by atoms with E-state index in [0.717, 1.165) is 33.4 Å². The summed E-state index contributed by atoms with van der Waals surface area (Å²) in [6.45, 7) is -4.74. The SMILES string of the molecule is COc1ccc(-c2ccc3c(c2)CCC2=CC4=C(C(F)(F)F)c5cc6c(n5[B-](F)(F)[N+]4=C23)-c2ccc(-c3ccc(O)cc3)cc2CC6)cc1. The summed E-state index contributed by atoms with van der Waals surface area (Å²) in [7, 11) is 1.59. The molecule has 1 N–H and O–H groups in total. The molecular formula is C39H28BF5N2O2. The average molecular weight is 662 g/mol. The number of phenolic OH excluding ortho intramolecular Hbond substituents is 1. The fourth-order valence-electron chi connectivity index (χ4n) is 8.11. The van der Waals surface area contributed by atoms with Crippen LogP contribution in [0.4, 0.5) is 21.8 Å². The van der Waals surface area contributed by atoms with Crippen molar-refractivity contribution in [3.05, 3.63) is 136 Å². The number of aromatic nitrogens is 1. The standard InChI is InChI=1S/C39H28BF5N2O2/c1-49-31-14-8-23(9-15-31)25-11-17-33-27(19-25)3-5-29-21-35-36(39(41,42)43)34-20-28-4-2-26-18-24(22-6-12-30(48)13-7-22)10-16-32(26)37(28)46(34)40(44,45)47(35)38(29)33/h6-21,48H,2-5H2,1H3. The van der Waals surface area contributed by atoms with Gasteiger partial charge in [-0.1, -0.05) is 54.6 Å². The van der Waals surface area contributed by atoms with Gasteiger partial charge in [-0.2, -0.15) is 13.2 Å². The summed E-state index contributed by atoms with van der Waals surface area (Å²) < 4.78 is 86.7. The zero-order valence-electron chi connectivity index (χ0n) is 26.3. The maximum atomic E-state index is 17.4. The number of hydrogen-bond acceptors (Lipinski definition) is 2. The molecular weight excluding hydrogens is 634 g/mol. The van der Waals surface area contributed by atoms with Gasteiger partial charge in [0.2, 0.25) is 0 Å². The smallest absolute Gasteiger partial charge is 0.508 e. The number of phenols is 1. The summed E-state index contributed by atoms with van der Waals surface area (Å²) >= 11 is 0. The molecule has 10 heteroatoms. The molecule has 5 aromatic rings. The Morgan fingerprint density at radius 2 is 1.29 bits per heavy atom. The molecule has 3 heterocycles. The van der Waals surface area contributed by atoms with Crippen LogP contribution in [0.2, 0.25) is 0 Å². The van der Waals surface area contributed by atoms with E-state index in [1.54, 1.807) is 49.6 Å². The van der Waals surface area contributed by atoms with E-state index in [1.165, 1.54) is 12.1 Å². The zero-order valence-corrected chi connectivity index (χ0v) is 26.3. The van der Waals surface area contributed by atoms with Crippen molar-refractivity contribution in [2.75, 3.05) is 7.11 Å². The highest BCUT2D eigenvalue weighted by molar-refractivity contribution is 6.59. The summed E-state index contributed by atoms with van der Waals surface area (Å²) in [6.07, 6.45) is -1.83. The van der Waals surface area contributed by atoms with Crippen LogP contribution in [0, 0.1) is 0 Å². The quantitative estimate of drug-likeness (QED) is 0.155. The number of ether oxygens (including phenoxy) is 1. The second kappa shape index (κ2) is 10.3. The first-order valence-corrected chi connectivity index (χ1v) is 16.2. The molecule has 0 saturated heterocycles. The van der Waals surface area contributed by atoms with Crippen LogP contribution in [0.3, 0.4) is 0 Å². The minimum atomic E-state index is -4.88. The highest BCUT2D eigenvalue weighted by Crippen LogP contribution is 2.51. The van der Waals surface area contributed by atoms with Crippen molar-refractivity contribution in [1.29, 1.82) is 0 Å². The number of hydrogen-bond donors (Lipinski definition) is 1. The molecule has 0 saturated carbocycles. The lowest BCUT2D eigenvalue weighted by atomic mass is 9.82.